The predicted octanol–water partition coefficient (Wildman–Crippen LogP) is -1.04. The number of nitrogens with two attached hydrogens (primary N) is 1. The smallest absolute Gasteiger partial charge is 0.332 e. The molecule has 0 spiro atoms. The van der Waals surface area contributed by atoms with Crippen molar-refractivity contribution in [3.8, 4) is 0 Å². The molecule has 0 radical (unpaired) electrons. The van der Waals surface area contributed by atoms with Crippen molar-refractivity contribution in [3.05, 3.63) is 26.4 Å². The molecule has 1 aliphatic heterocycles. The lowest BCUT2D eigenvalue weighted by molar-refractivity contribution is -0.0271. The van der Waals surface area contributed by atoms with Crippen LogP contribution in [0.15, 0.2) is 9.59 Å². The summed E-state index contributed by atoms with van der Waals surface area (Å²) in [5.74, 6) is -0.455. The third-order valence-electron chi connectivity index (χ3n) is 4.03. The van der Waals surface area contributed by atoms with Crippen LogP contribution < -0.4 is 17.0 Å². The Morgan fingerprint density at radius 3 is 2.64 bits per heavy atom. The third kappa shape index (κ3) is 2.97. The lowest BCUT2D eigenvalue weighted by Gasteiger charge is -2.31. The van der Waals surface area contributed by atoms with Crippen LogP contribution in [-0.2, 0) is 18.8 Å². The van der Waals surface area contributed by atoms with E-state index < -0.39 is 11.2 Å². The lowest BCUT2D eigenvalue weighted by atomic mass is 10.1. The Bertz CT molecular complexity index is 691. The van der Waals surface area contributed by atoms with E-state index >= 15 is 0 Å². The number of ketones is 1. The topological polar surface area (TPSA) is 99.6 Å². The van der Waals surface area contributed by atoms with Gasteiger partial charge in [-0.2, -0.15) is 0 Å². The molecule has 122 valence electrons. The number of carbonyl (C=O) groups excluding carboxylic acids is 1. The van der Waals surface area contributed by atoms with Gasteiger partial charge in [-0.15, -0.1) is 0 Å². The zero-order chi connectivity index (χ0) is 16.4. The van der Waals surface area contributed by atoms with Gasteiger partial charge in [0.25, 0.3) is 5.56 Å². The predicted molar refractivity (Wildman–Crippen MR) is 82.1 cm³/mol. The van der Waals surface area contributed by atoms with Crippen LogP contribution in [0.25, 0.3) is 0 Å². The van der Waals surface area contributed by atoms with E-state index in [1.807, 2.05) is 11.8 Å². The zero-order valence-corrected chi connectivity index (χ0v) is 13.2. The molecule has 2 N–H and O–H groups in total. The van der Waals surface area contributed by atoms with Gasteiger partial charge in [0.2, 0.25) is 0 Å². The SMILES string of the molecule is CCC1CN(CC(=O)c2c(N)n(C)c(=O)n(C)c2=O)CCO1. The fourth-order valence-corrected chi connectivity index (χ4v) is 2.58. The average Bonchev–Trinajstić information content (AvgIpc) is 2.51. The Morgan fingerprint density at radius 2 is 2.00 bits per heavy atom. The van der Waals surface area contributed by atoms with Crippen molar-refractivity contribution in [2.75, 3.05) is 32.0 Å². The molecule has 1 unspecified atom stereocenters. The minimum atomic E-state index is -0.647. The second-order valence-corrected chi connectivity index (χ2v) is 5.53. The monoisotopic (exact) mass is 310 g/mol. The van der Waals surface area contributed by atoms with E-state index in [-0.39, 0.29) is 29.8 Å². The summed E-state index contributed by atoms with van der Waals surface area (Å²) in [5, 5.41) is 0. The van der Waals surface area contributed by atoms with Gasteiger partial charge >= 0.3 is 5.69 Å². The van der Waals surface area contributed by atoms with Crippen LogP contribution >= 0.6 is 0 Å². The molecule has 8 heteroatoms. The highest BCUT2D eigenvalue weighted by Gasteiger charge is 2.25. The van der Waals surface area contributed by atoms with Crippen LogP contribution in [0.4, 0.5) is 5.82 Å². The van der Waals surface area contributed by atoms with Crippen molar-refractivity contribution in [3.63, 3.8) is 0 Å². The van der Waals surface area contributed by atoms with Crippen LogP contribution in [0.3, 0.4) is 0 Å². The first-order valence-electron chi connectivity index (χ1n) is 7.29. The summed E-state index contributed by atoms with van der Waals surface area (Å²) in [4.78, 5) is 38.4. The van der Waals surface area contributed by atoms with Crippen molar-refractivity contribution < 1.29 is 9.53 Å². The number of ether oxygens (including phenoxy) is 1. The van der Waals surface area contributed by atoms with Crippen molar-refractivity contribution in [2.24, 2.45) is 14.1 Å². The Labute approximate surface area is 128 Å². The van der Waals surface area contributed by atoms with Crippen molar-refractivity contribution in [1.29, 1.82) is 0 Å². The second-order valence-electron chi connectivity index (χ2n) is 5.53. The molecule has 8 nitrogen and oxygen atoms in total. The van der Waals surface area contributed by atoms with Crippen molar-refractivity contribution in [2.45, 2.75) is 19.4 Å². The Morgan fingerprint density at radius 1 is 1.32 bits per heavy atom. The normalized spacial score (nSPS) is 19.3. The molecule has 1 fully saturated rings. The summed E-state index contributed by atoms with van der Waals surface area (Å²) in [7, 11) is 2.78. The van der Waals surface area contributed by atoms with E-state index in [1.54, 1.807) is 0 Å². The molecule has 1 atom stereocenters. The molecule has 2 rings (SSSR count). The number of anilines is 1. The van der Waals surface area contributed by atoms with Crippen LogP contribution in [0.2, 0.25) is 0 Å². The molecular formula is C14H22N4O4. The maximum absolute atomic E-state index is 12.5. The van der Waals surface area contributed by atoms with E-state index in [2.05, 4.69) is 0 Å². The number of nitrogen functional groups attached to an aromatic ring is 1. The third-order valence-corrected chi connectivity index (χ3v) is 4.03. The fraction of sp³-hybridized carbons (Fsp3) is 0.643. The second kappa shape index (κ2) is 6.45. The van der Waals surface area contributed by atoms with Gasteiger partial charge in [0.05, 0.1) is 19.3 Å². The summed E-state index contributed by atoms with van der Waals surface area (Å²) in [5.41, 5.74) is 4.48. The quantitative estimate of drug-likeness (QED) is 0.713. The van der Waals surface area contributed by atoms with Crippen molar-refractivity contribution in [1.82, 2.24) is 14.0 Å². The first-order valence-corrected chi connectivity index (χ1v) is 7.29. The number of carbonyl (C=O) groups is 1. The van der Waals surface area contributed by atoms with E-state index in [1.165, 1.54) is 14.1 Å². The molecule has 1 saturated heterocycles. The van der Waals surface area contributed by atoms with Gasteiger partial charge in [0.15, 0.2) is 5.78 Å². The van der Waals surface area contributed by atoms with Crippen LogP contribution in [0, 0.1) is 0 Å². The number of rotatable bonds is 4. The minimum Gasteiger partial charge on any atom is -0.384 e. The fourth-order valence-electron chi connectivity index (χ4n) is 2.58. The van der Waals surface area contributed by atoms with E-state index in [0.717, 1.165) is 15.6 Å². The number of Topliss-reactive ketones (excluding diaryl/α,β-unsaturated/α-hetero) is 1. The van der Waals surface area contributed by atoms with Crippen LogP contribution in [0.5, 0.6) is 0 Å². The highest BCUT2D eigenvalue weighted by Crippen LogP contribution is 2.10. The molecule has 1 aliphatic rings. The Kier molecular flexibility index (Phi) is 4.82. The maximum Gasteiger partial charge on any atom is 0.332 e. The molecule has 0 bridgehead atoms. The molecule has 0 aromatic carbocycles. The van der Waals surface area contributed by atoms with E-state index in [4.69, 9.17) is 10.5 Å². The largest absolute Gasteiger partial charge is 0.384 e. The highest BCUT2D eigenvalue weighted by molar-refractivity contribution is 6.01. The van der Waals surface area contributed by atoms with Crippen LogP contribution in [-0.4, -0.2) is 52.2 Å². The summed E-state index contributed by atoms with van der Waals surface area (Å²) in [6.45, 7) is 3.96. The summed E-state index contributed by atoms with van der Waals surface area (Å²) >= 11 is 0. The summed E-state index contributed by atoms with van der Waals surface area (Å²) < 4.78 is 7.57. The van der Waals surface area contributed by atoms with Gasteiger partial charge in [-0.3, -0.25) is 23.6 Å². The van der Waals surface area contributed by atoms with Gasteiger partial charge in [0.1, 0.15) is 11.4 Å². The highest BCUT2D eigenvalue weighted by atomic mass is 16.5. The molecule has 0 saturated carbocycles. The number of hydrogen-bond acceptors (Lipinski definition) is 6. The molecule has 1 aromatic heterocycles. The molecular weight excluding hydrogens is 288 g/mol. The zero-order valence-electron chi connectivity index (χ0n) is 13.2. The van der Waals surface area contributed by atoms with E-state index in [9.17, 15) is 14.4 Å². The number of morpholine rings is 1. The number of aromatic nitrogens is 2. The maximum atomic E-state index is 12.5. The number of nitrogens with zero attached hydrogens (tertiary/aromatic N) is 3. The van der Waals surface area contributed by atoms with Gasteiger partial charge in [-0.1, -0.05) is 6.92 Å². The van der Waals surface area contributed by atoms with Crippen LogP contribution in [0.1, 0.15) is 23.7 Å². The molecule has 1 aromatic rings. The Balaban J connectivity index is 2.27. The molecule has 2 heterocycles. The standard InChI is InChI=1S/C14H22N4O4/c1-4-9-7-18(5-6-22-9)8-10(19)11-12(15)16(2)14(21)17(3)13(11)20/h9H,4-8,15H2,1-3H3. The number of hydrogen-bond donors (Lipinski definition) is 1. The average molecular weight is 310 g/mol. The van der Waals surface area contributed by atoms with Gasteiger partial charge < -0.3 is 10.5 Å². The summed E-state index contributed by atoms with van der Waals surface area (Å²) in [6.07, 6.45) is 0.968. The van der Waals surface area contributed by atoms with Gasteiger partial charge in [-0.05, 0) is 6.42 Å². The summed E-state index contributed by atoms with van der Waals surface area (Å²) in [6, 6.07) is 0. The van der Waals surface area contributed by atoms with E-state index in [0.29, 0.717) is 19.7 Å². The lowest BCUT2D eigenvalue weighted by Crippen LogP contribution is -2.47. The molecule has 0 amide bonds. The van der Waals surface area contributed by atoms with Crippen molar-refractivity contribution >= 4 is 11.6 Å². The van der Waals surface area contributed by atoms with Gasteiger partial charge in [-0.25, -0.2) is 4.79 Å². The molecule has 0 aliphatic carbocycles. The first kappa shape index (κ1) is 16.4. The first-order chi connectivity index (χ1) is 10.4. The van der Waals surface area contributed by atoms with Gasteiger partial charge in [0, 0.05) is 27.2 Å². The molecule has 22 heavy (non-hydrogen) atoms. The Hall–Kier alpha value is -1.93. The minimum absolute atomic E-state index is 0.0848.